The zero-order valence-corrected chi connectivity index (χ0v) is 18.1. The SMILES string of the molecule is C=C(C#N)C(=O)N1CCC(Nc2ncnc(N)c2-c2ccc(Oc3ccccc3)cc2)CC1. The highest BCUT2D eigenvalue weighted by Crippen LogP contribution is 2.33. The number of anilines is 2. The number of piperidine rings is 1. The Morgan fingerprint density at radius 1 is 1.09 bits per heavy atom. The number of nitrogen functional groups attached to an aromatic ring is 1. The van der Waals surface area contributed by atoms with Crippen LogP contribution in [0.3, 0.4) is 0 Å². The number of rotatable bonds is 6. The second-order valence-electron chi connectivity index (χ2n) is 7.72. The van der Waals surface area contributed by atoms with Crippen LogP contribution in [0.5, 0.6) is 11.5 Å². The summed E-state index contributed by atoms with van der Waals surface area (Å²) in [6, 6.07) is 19.1. The van der Waals surface area contributed by atoms with Gasteiger partial charge in [0.2, 0.25) is 0 Å². The largest absolute Gasteiger partial charge is 0.457 e. The standard InChI is InChI=1S/C25H24N6O2/c1-17(15-26)25(32)31-13-11-19(12-14-31)30-24-22(23(27)28-16-29-24)18-7-9-21(10-8-18)33-20-5-3-2-4-6-20/h2-10,16,19H,1,11-14H2,(H3,27,28,29,30). The first-order valence-corrected chi connectivity index (χ1v) is 10.6. The van der Waals surface area contributed by atoms with Crippen LogP contribution in [0, 0.1) is 11.3 Å². The molecule has 3 N–H and O–H groups in total. The summed E-state index contributed by atoms with van der Waals surface area (Å²) < 4.78 is 5.87. The van der Waals surface area contributed by atoms with Crippen LogP contribution in [-0.2, 0) is 4.79 Å². The van der Waals surface area contributed by atoms with E-state index in [0.717, 1.165) is 29.7 Å². The second kappa shape index (κ2) is 9.83. The van der Waals surface area contributed by atoms with Gasteiger partial charge in [0.25, 0.3) is 5.91 Å². The van der Waals surface area contributed by atoms with Gasteiger partial charge in [0.1, 0.15) is 41.1 Å². The number of amides is 1. The predicted octanol–water partition coefficient (Wildman–Crippen LogP) is 4.00. The van der Waals surface area contributed by atoms with E-state index in [1.807, 2.05) is 60.7 Å². The lowest BCUT2D eigenvalue weighted by Crippen LogP contribution is -2.42. The fourth-order valence-corrected chi connectivity index (χ4v) is 3.77. The summed E-state index contributed by atoms with van der Waals surface area (Å²) in [7, 11) is 0. The number of carbonyl (C=O) groups is 1. The Morgan fingerprint density at radius 2 is 1.76 bits per heavy atom. The maximum absolute atomic E-state index is 12.2. The highest BCUT2D eigenvalue weighted by atomic mass is 16.5. The first-order chi connectivity index (χ1) is 16.0. The molecule has 2 aromatic carbocycles. The van der Waals surface area contributed by atoms with E-state index in [9.17, 15) is 4.79 Å². The maximum atomic E-state index is 12.2. The van der Waals surface area contributed by atoms with E-state index in [4.69, 9.17) is 15.7 Å². The molecule has 1 aliphatic heterocycles. The van der Waals surface area contributed by atoms with Crippen molar-refractivity contribution in [1.29, 1.82) is 5.26 Å². The number of nitrogens with zero attached hydrogens (tertiary/aromatic N) is 4. The molecule has 1 aromatic heterocycles. The third kappa shape index (κ3) is 5.10. The van der Waals surface area contributed by atoms with Crippen molar-refractivity contribution in [1.82, 2.24) is 14.9 Å². The van der Waals surface area contributed by atoms with Crippen LogP contribution in [-0.4, -0.2) is 39.9 Å². The first kappa shape index (κ1) is 21.8. The minimum absolute atomic E-state index is 0.0352. The molecule has 166 valence electrons. The molecule has 1 fully saturated rings. The third-order valence-electron chi connectivity index (χ3n) is 5.51. The number of ether oxygens (including phenoxy) is 1. The number of nitrogens with one attached hydrogen (secondary N) is 1. The van der Waals surface area contributed by atoms with Gasteiger partial charge in [-0.15, -0.1) is 0 Å². The molecular formula is C25H24N6O2. The Morgan fingerprint density at radius 3 is 2.42 bits per heavy atom. The fraction of sp³-hybridized carbons (Fsp3) is 0.200. The maximum Gasteiger partial charge on any atom is 0.263 e. The monoisotopic (exact) mass is 440 g/mol. The summed E-state index contributed by atoms with van der Waals surface area (Å²) in [5.74, 6) is 2.19. The van der Waals surface area contributed by atoms with Crippen molar-refractivity contribution in [3.63, 3.8) is 0 Å². The van der Waals surface area contributed by atoms with Crippen molar-refractivity contribution in [3.8, 4) is 28.7 Å². The molecule has 8 heteroatoms. The van der Waals surface area contributed by atoms with Crippen LogP contribution in [0.25, 0.3) is 11.1 Å². The van der Waals surface area contributed by atoms with Gasteiger partial charge < -0.3 is 20.7 Å². The first-order valence-electron chi connectivity index (χ1n) is 10.6. The average Bonchev–Trinajstić information content (AvgIpc) is 2.85. The number of benzene rings is 2. The minimum atomic E-state index is -0.305. The number of nitrogens with two attached hydrogens (primary N) is 1. The second-order valence-corrected chi connectivity index (χ2v) is 7.72. The average molecular weight is 441 g/mol. The van der Waals surface area contributed by atoms with Crippen molar-refractivity contribution in [2.45, 2.75) is 18.9 Å². The Bertz CT molecular complexity index is 1180. The van der Waals surface area contributed by atoms with E-state index in [0.29, 0.717) is 30.5 Å². The summed E-state index contributed by atoms with van der Waals surface area (Å²) in [5.41, 5.74) is 7.77. The molecule has 2 heterocycles. The van der Waals surface area contributed by atoms with Gasteiger partial charge in [0.15, 0.2) is 0 Å². The topological polar surface area (TPSA) is 117 Å². The number of hydrogen-bond acceptors (Lipinski definition) is 7. The van der Waals surface area contributed by atoms with Crippen LogP contribution in [0.1, 0.15) is 12.8 Å². The Hall–Kier alpha value is -4.38. The van der Waals surface area contributed by atoms with E-state index >= 15 is 0 Å². The molecule has 3 aromatic rings. The van der Waals surface area contributed by atoms with Crippen molar-refractivity contribution in [2.75, 3.05) is 24.1 Å². The van der Waals surface area contributed by atoms with E-state index in [2.05, 4.69) is 21.9 Å². The molecule has 0 atom stereocenters. The summed E-state index contributed by atoms with van der Waals surface area (Å²) in [6.45, 7) is 4.59. The fourth-order valence-electron chi connectivity index (χ4n) is 3.77. The van der Waals surface area contributed by atoms with E-state index in [1.165, 1.54) is 6.33 Å². The molecule has 0 spiro atoms. The number of para-hydroxylation sites is 1. The molecular weight excluding hydrogens is 416 g/mol. The number of nitriles is 1. The van der Waals surface area contributed by atoms with Crippen LogP contribution >= 0.6 is 0 Å². The van der Waals surface area contributed by atoms with Gasteiger partial charge in [-0.2, -0.15) is 5.26 Å². The lowest BCUT2D eigenvalue weighted by molar-refractivity contribution is -0.127. The molecule has 0 unspecified atom stereocenters. The lowest BCUT2D eigenvalue weighted by Gasteiger charge is -2.32. The Labute approximate surface area is 192 Å². The van der Waals surface area contributed by atoms with Crippen LogP contribution in [0.4, 0.5) is 11.6 Å². The van der Waals surface area contributed by atoms with Crippen molar-refractivity contribution < 1.29 is 9.53 Å². The normalized spacial score (nSPS) is 13.7. The van der Waals surface area contributed by atoms with E-state index < -0.39 is 0 Å². The Kier molecular flexibility index (Phi) is 6.51. The molecule has 1 saturated heterocycles. The number of hydrogen-bond donors (Lipinski definition) is 2. The van der Waals surface area contributed by atoms with Gasteiger partial charge in [-0.3, -0.25) is 4.79 Å². The van der Waals surface area contributed by atoms with E-state index in [1.54, 1.807) is 4.90 Å². The van der Waals surface area contributed by atoms with Crippen LogP contribution in [0.15, 0.2) is 73.1 Å². The predicted molar refractivity (Wildman–Crippen MR) is 126 cm³/mol. The van der Waals surface area contributed by atoms with Crippen molar-refractivity contribution in [2.24, 2.45) is 0 Å². The third-order valence-corrected chi connectivity index (χ3v) is 5.51. The lowest BCUT2D eigenvalue weighted by atomic mass is 10.0. The minimum Gasteiger partial charge on any atom is -0.457 e. The molecule has 0 saturated carbocycles. The zero-order valence-electron chi connectivity index (χ0n) is 18.1. The van der Waals surface area contributed by atoms with Crippen LogP contribution < -0.4 is 15.8 Å². The van der Waals surface area contributed by atoms with Crippen molar-refractivity contribution in [3.05, 3.63) is 73.1 Å². The molecule has 0 radical (unpaired) electrons. The highest BCUT2D eigenvalue weighted by Gasteiger charge is 2.25. The smallest absolute Gasteiger partial charge is 0.263 e. The number of aromatic nitrogens is 2. The summed E-state index contributed by atoms with van der Waals surface area (Å²) in [6.07, 6.45) is 2.87. The number of likely N-dealkylation sites (tertiary alicyclic amines) is 1. The Balaban J connectivity index is 1.46. The molecule has 1 amide bonds. The van der Waals surface area contributed by atoms with Gasteiger partial charge in [-0.05, 0) is 42.7 Å². The van der Waals surface area contributed by atoms with Gasteiger partial charge >= 0.3 is 0 Å². The van der Waals surface area contributed by atoms with Gasteiger partial charge in [0.05, 0.1) is 5.56 Å². The molecule has 4 rings (SSSR count). The molecule has 33 heavy (non-hydrogen) atoms. The van der Waals surface area contributed by atoms with Gasteiger partial charge in [0, 0.05) is 19.1 Å². The summed E-state index contributed by atoms with van der Waals surface area (Å²) >= 11 is 0. The van der Waals surface area contributed by atoms with Crippen molar-refractivity contribution >= 4 is 17.5 Å². The van der Waals surface area contributed by atoms with Gasteiger partial charge in [-0.1, -0.05) is 36.9 Å². The molecule has 0 bridgehead atoms. The molecule has 0 aliphatic carbocycles. The summed E-state index contributed by atoms with van der Waals surface area (Å²) in [5, 5.41) is 12.4. The number of carbonyl (C=O) groups excluding carboxylic acids is 1. The summed E-state index contributed by atoms with van der Waals surface area (Å²) in [4.78, 5) is 22.4. The molecule has 8 nitrogen and oxygen atoms in total. The molecule has 1 aliphatic rings. The highest BCUT2D eigenvalue weighted by molar-refractivity contribution is 5.96. The van der Waals surface area contributed by atoms with E-state index in [-0.39, 0.29) is 17.5 Å². The quantitative estimate of drug-likeness (QED) is 0.439. The zero-order chi connectivity index (χ0) is 23.2. The van der Waals surface area contributed by atoms with Gasteiger partial charge in [-0.25, -0.2) is 9.97 Å². The van der Waals surface area contributed by atoms with Crippen LogP contribution in [0.2, 0.25) is 0 Å².